The van der Waals surface area contributed by atoms with E-state index in [0.717, 1.165) is 10.5 Å². The number of hydrogen-bond donors (Lipinski definition) is 7. The molecule has 7 N–H and O–H groups in total. The number of nitrogens with one attached hydrogen (secondary N) is 2. The zero-order valence-electron chi connectivity index (χ0n) is 41.2. The molecule has 398 valence electrons. The second-order valence-electron chi connectivity index (χ2n) is 18.4. The Bertz CT molecular complexity index is 2660. The summed E-state index contributed by atoms with van der Waals surface area (Å²) in [7, 11) is 4.31. The Morgan fingerprint density at radius 2 is 1.43 bits per heavy atom. The van der Waals surface area contributed by atoms with Crippen LogP contribution in [0.5, 0.6) is 28.7 Å². The molecule has 0 radical (unpaired) electrons. The van der Waals surface area contributed by atoms with Crippen molar-refractivity contribution >= 4 is 41.1 Å². The third-order valence-electron chi connectivity index (χ3n) is 13.4. The fourth-order valence-electron chi connectivity index (χ4n) is 9.47. The molecular weight excluding hydrogens is 971 g/mol. The van der Waals surface area contributed by atoms with Crippen LogP contribution < -0.4 is 39.2 Å². The van der Waals surface area contributed by atoms with E-state index in [1.54, 1.807) is 12.1 Å². The Morgan fingerprint density at radius 1 is 0.770 bits per heavy atom. The molecule has 5 aliphatic rings. The molecule has 0 spiro atoms. The van der Waals surface area contributed by atoms with Crippen LogP contribution in [-0.2, 0) is 25.6 Å². The number of aliphatic hydroxyl groups is 5. The van der Waals surface area contributed by atoms with Gasteiger partial charge in [-0.2, -0.15) is 0 Å². The predicted octanol–water partition coefficient (Wildman–Crippen LogP) is 1.86. The van der Waals surface area contributed by atoms with Crippen molar-refractivity contribution in [3.05, 3.63) is 89.0 Å². The van der Waals surface area contributed by atoms with Gasteiger partial charge in [-0.25, -0.2) is 9.69 Å². The molecule has 8 atom stereocenters. The lowest BCUT2D eigenvalue weighted by molar-refractivity contribution is -0.277. The second-order valence-corrected chi connectivity index (χ2v) is 18.4. The van der Waals surface area contributed by atoms with Crippen LogP contribution in [0.1, 0.15) is 68.7 Å². The summed E-state index contributed by atoms with van der Waals surface area (Å²) < 4.78 is 45.6. The van der Waals surface area contributed by atoms with Crippen LogP contribution in [0.3, 0.4) is 0 Å². The Balaban J connectivity index is 0.950. The number of carbonyl (C=O) groups excluding carboxylic acids is 5. The minimum atomic E-state index is -1.77. The molecule has 74 heavy (non-hydrogen) atoms. The number of nitrogens with zero attached hydrogens (tertiary/aromatic N) is 3. The largest absolute Gasteiger partial charge is 0.493 e. The van der Waals surface area contributed by atoms with Gasteiger partial charge in [-0.15, -0.1) is 0 Å². The van der Waals surface area contributed by atoms with Gasteiger partial charge in [0, 0.05) is 38.9 Å². The summed E-state index contributed by atoms with van der Waals surface area (Å²) in [5, 5.41) is 58.4. The van der Waals surface area contributed by atoms with Gasteiger partial charge in [0.2, 0.25) is 12.2 Å². The molecular formula is C51H61N5O18. The van der Waals surface area contributed by atoms with E-state index in [0.29, 0.717) is 60.6 Å². The van der Waals surface area contributed by atoms with Gasteiger partial charge in [0.05, 0.1) is 74.8 Å². The number of carbonyl (C=O) groups is 5. The molecule has 5 amide bonds. The average Bonchev–Trinajstić information content (AvgIpc) is 3.96. The molecule has 0 bridgehead atoms. The van der Waals surface area contributed by atoms with Crippen LogP contribution in [0.4, 0.5) is 16.2 Å². The molecule has 5 heterocycles. The Hall–Kier alpha value is -6.99. The number of rotatable bonds is 19. The van der Waals surface area contributed by atoms with E-state index < -0.39 is 80.1 Å². The summed E-state index contributed by atoms with van der Waals surface area (Å²) >= 11 is 0. The predicted molar refractivity (Wildman–Crippen MR) is 260 cm³/mol. The van der Waals surface area contributed by atoms with Gasteiger partial charge >= 0.3 is 6.09 Å². The number of unbranched alkanes of at least 4 members (excludes halogenated alkanes) is 2. The molecule has 23 nitrogen and oxygen atoms in total. The molecule has 0 saturated carbocycles. The van der Waals surface area contributed by atoms with Crippen molar-refractivity contribution in [3.8, 4) is 28.7 Å². The second kappa shape index (κ2) is 23.1. The van der Waals surface area contributed by atoms with E-state index in [1.807, 2.05) is 0 Å². The highest BCUT2D eigenvalue weighted by Gasteiger charge is 2.48. The topological polar surface area (TPSA) is 294 Å². The van der Waals surface area contributed by atoms with E-state index in [9.17, 15) is 49.5 Å². The van der Waals surface area contributed by atoms with Gasteiger partial charge < -0.3 is 83.9 Å². The summed E-state index contributed by atoms with van der Waals surface area (Å²) in [6.45, 7) is 7.92. The number of amides is 5. The molecule has 0 aromatic heterocycles. The van der Waals surface area contributed by atoms with Crippen LogP contribution in [0, 0.1) is 0 Å². The highest BCUT2D eigenvalue weighted by molar-refractivity contribution is 6.11. The molecule has 3 saturated heterocycles. The maximum absolute atomic E-state index is 14.3. The lowest BCUT2D eigenvalue weighted by atomic mass is 9.99. The van der Waals surface area contributed by atoms with Crippen LogP contribution >= 0.6 is 0 Å². The standard InChI is InChI=1S/C51H61N5O18/c1-26-15-34-46(62)53-32-20-39(37(68-4)18-29(32)47(63)54(34)22-26)70-12-7-6-8-13-71-40-21-33-30(19-38(40)69-5)48(64)55-23-27(2)16-35(55)49(65)56(33)51(66)72-25-28-9-10-36(31(17-28)45(61)52-11-14-67-3)73-50-44(60)43(59)42(58)41(24-57)74-50/h9-10,17-21,34-35,41-44,49-50,57-60,65H,1-2,6-8,11-16,22-25H2,3-5H3,(H,52,61)(H,53,62)/t34-,35-,41+,42-,43-,44+,49?,50+/m0/s1. The Morgan fingerprint density at radius 3 is 2.12 bits per heavy atom. The van der Waals surface area contributed by atoms with E-state index in [4.69, 9.17) is 37.9 Å². The van der Waals surface area contributed by atoms with Crippen molar-refractivity contribution in [2.24, 2.45) is 0 Å². The van der Waals surface area contributed by atoms with Crippen molar-refractivity contribution in [2.75, 3.05) is 77.6 Å². The van der Waals surface area contributed by atoms with Crippen molar-refractivity contribution in [1.82, 2.24) is 15.1 Å². The van der Waals surface area contributed by atoms with Gasteiger partial charge in [-0.05, 0) is 61.9 Å². The van der Waals surface area contributed by atoms with E-state index in [2.05, 4.69) is 23.8 Å². The SMILES string of the molecule is C=C1C[C@H]2C(=O)Nc3cc(OCCCCCOc4cc5c(cc4OC)C(=O)N4CC(=C)C[C@H]4C(O)N5C(=O)OCc4ccc(O[C@@H]5O[C@H](CO)[C@H](O)[C@H](O)[C@H]5O)c(C(=O)NCCOC)c4)c(OC)cc3C(=O)N2C1. The number of methoxy groups -OCH3 is 3. The average molecular weight is 1030 g/mol. The molecule has 3 aromatic rings. The lowest BCUT2D eigenvalue weighted by Gasteiger charge is -2.39. The summed E-state index contributed by atoms with van der Waals surface area (Å²) in [6, 6.07) is 8.64. The minimum absolute atomic E-state index is 0.0170. The fourth-order valence-corrected chi connectivity index (χ4v) is 9.47. The normalized spacial score (nSPS) is 24.2. The van der Waals surface area contributed by atoms with Crippen molar-refractivity contribution in [2.45, 2.75) is 87.7 Å². The minimum Gasteiger partial charge on any atom is -0.493 e. The Labute approximate surface area is 425 Å². The molecule has 3 aromatic carbocycles. The van der Waals surface area contributed by atoms with Crippen molar-refractivity contribution < 1.29 is 87.4 Å². The molecule has 1 unspecified atom stereocenters. The number of fused-ring (bicyclic) bond motifs is 4. The molecule has 3 fully saturated rings. The van der Waals surface area contributed by atoms with Gasteiger partial charge in [0.25, 0.3) is 17.7 Å². The maximum Gasteiger partial charge on any atom is 0.416 e. The molecule has 23 heteroatoms. The fraction of sp³-hybridized carbons (Fsp3) is 0.471. The smallest absolute Gasteiger partial charge is 0.416 e. The first-order chi connectivity index (χ1) is 35.6. The third kappa shape index (κ3) is 10.9. The van der Waals surface area contributed by atoms with Gasteiger partial charge in [0.15, 0.2) is 29.2 Å². The summed E-state index contributed by atoms with van der Waals surface area (Å²) in [6.07, 6.45) is -8.42. The first-order valence-corrected chi connectivity index (χ1v) is 24.0. The van der Waals surface area contributed by atoms with Gasteiger partial charge in [-0.1, -0.05) is 30.4 Å². The maximum atomic E-state index is 14.3. The number of hydrogen-bond acceptors (Lipinski definition) is 18. The molecule has 5 aliphatic heterocycles. The summed E-state index contributed by atoms with van der Waals surface area (Å²) in [4.78, 5) is 72.3. The first-order valence-electron chi connectivity index (χ1n) is 24.0. The van der Waals surface area contributed by atoms with E-state index in [-0.39, 0.29) is 90.8 Å². The van der Waals surface area contributed by atoms with Crippen molar-refractivity contribution in [1.29, 1.82) is 0 Å². The Kier molecular flexibility index (Phi) is 16.6. The van der Waals surface area contributed by atoms with Crippen LogP contribution in [0.25, 0.3) is 0 Å². The number of aliphatic hydroxyl groups excluding tert-OH is 5. The van der Waals surface area contributed by atoms with E-state index in [1.165, 1.54) is 61.5 Å². The summed E-state index contributed by atoms with van der Waals surface area (Å²) in [5.41, 5.74) is 2.25. The molecule has 0 aliphatic carbocycles. The number of ether oxygens (including phenoxy) is 8. The quantitative estimate of drug-likeness (QED) is 0.0666. The molecule has 8 rings (SSSR count). The van der Waals surface area contributed by atoms with Crippen LogP contribution in [0.2, 0.25) is 0 Å². The first kappa shape index (κ1) is 53.3. The number of benzene rings is 3. The van der Waals surface area contributed by atoms with Crippen LogP contribution in [-0.4, -0.2) is 181 Å². The zero-order valence-corrected chi connectivity index (χ0v) is 41.2. The van der Waals surface area contributed by atoms with E-state index >= 15 is 0 Å². The summed E-state index contributed by atoms with van der Waals surface area (Å²) in [5.74, 6) is -0.845. The van der Waals surface area contributed by atoms with Gasteiger partial charge in [-0.3, -0.25) is 19.2 Å². The third-order valence-corrected chi connectivity index (χ3v) is 13.4. The van der Waals surface area contributed by atoms with Crippen molar-refractivity contribution in [3.63, 3.8) is 0 Å². The lowest BCUT2D eigenvalue weighted by Crippen LogP contribution is -2.60. The van der Waals surface area contributed by atoms with Gasteiger partial charge in [0.1, 0.15) is 42.8 Å². The monoisotopic (exact) mass is 1030 g/mol. The highest BCUT2D eigenvalue weighted by atomic mass is 16.7. The highest BCUT2D eigenvalue weighted by Crippen LogP contribution is 2.43. The number of anilines is 2. The van der Waals surface area contributed by atoms with Crippen LogP contribution in [0.15, 0.2) is 66.8 Å². The zero-order chi connectivity index (χ0) is 53.0.